The first-order valence-corrected chi connectivity index (χ1v) is 11.7. The van der Waals surface area contributed by atoms with E-state index in [-0.39, 0.29) is 24.0 Å². The van der Waals surface area contributed by atoms with E-state index in [1.807, 2.05) is 24.3 Å². The van der Waals surface area contributed by atoms with Gasteiger partial charge in [-0.1, -0.05) is 44.9 Å². The molecule has 8 nitrogen and oxygen atoms in total. The molecule has 4 rings (SSSR count). The molecular weight excluding hydrogens is 400 g/mol. The SMILES string of the molecule is CC(C)c1nnc2c(NCc3ccccc3N)nc(NC3CCCCC3N)n(C(C)C)c1-2. The maximum absolute atomic E-state index is 6.46. The van der Waals surface area contributed by atoms with Crippen LogP contribution >= 0.6 is 0 Å². The number of hydrogen-bond acceptors (Lipinski definition) is 7. The molecule has 2 aliphatic heterocycles. The lowest BCUT2D eigenvalue weighted by atomic mass is 9.91. The molecule has 1 saturated carbocycles. The summed E-state index contributed by atoms with van der Waals surface area (Å²) in [5, 5.41) is 16.2. The number of nitrogens with two attached hydrogens (primary N) is 2. The van der Waals surface area contributed by atoms with E-state index in [0.717, 1.165) is 47.1 Å². The largest absolute Gasteiger partial charge is 0.398 e. The Labute approximate surface area is 190 Å². The fourth-order valence-corrected chi connectivity index (χ4v) is 4.53. The monoisotopic (exact) mass is 436 g/mol. The molecule has 2 heterocycles. The van der Waals surface area contributed by atoms with Gasteiger partial charge in [0.05, 0.1) is 11.4 Å². The van der Waals surface area contributed by atoms with E-state index >= 15 is 0 Å². The Morgan fingerprint density at radius 1 is 1.09 bits per heavy atom. The molecule has 2 unspecified atom stereocenters. The van der Waals surface area contributed by atoms with Crippen LogP contribution in [0.15, 0.2) is 24.3 Å². The van der Waals surface area contributed by atoms with Crippen LogP contribution in [0.1, 0.15) is 76.6 Å². The van der Waals surface area contributed by atoms with Crippen LogP contribution in [0.4, 0.5) is 17.5 Å². The van der Waals surface area contributed by atoms with Gasteiger partial charge in [0, 0.05) is 30.4 Å². The number of anilines is 3. The minimum absolute atomic E-state index is 0.128. The predicted molar refractivity (Wildman–Crippen MR) is 131 cm³/mol. The summed E-state index contributed by atoms with van der Waals surface area (Å²) in [5.41, 5.74) is 17.2. The lowest BCUT2D eigenvalue weighted by molar-refractivity contribution is 0.400. The number of para-hydroxylation sites is 1. The molecule has 0 amide bonds. The summed E-state index contributed by atoms with van der Waals surface area (Å²) in [6, 6.07) is 8.38. The molecule has 6 N–H and O–H groups in total. The highest BCUT2D eigenvalue weighted by atomic mass is 15.3. The van der Waals surface area contributed by atoms with Crippen LogP contribution in [0.2, 0.25) is 0 Å². The second-order valence-corrected chi connectivity index (χ2v) is 9.44. The highest BCUT2D eigenvalue weighted by Crippen LogP contribution is 2.38. The Bertz CT molecular complexity index is 1020. The summed E-state index contributed by atoms with van der Waals surface area (Å²) in [7, 11) is 0. The van der Waals surface area contributed by atoms with Crippen molar-refractivity contribution in [2.75, 3.05) is 16.4 Å². The van der Waals surface area contributed by atoms with Gasteiger partial charge in [-0.15, -0.1) is 5.10 Å². The lowest BCUT2D eigenvalue weighted by Crippen LogP contribution is -2.43. The van der Waals surface area contributed by atoms with E-state index in [4.69, 9.17) is 16.5 Å². The second-order valence-electron chi connectivity index (χ2n) is 9.44. The Kier molecular flexibility index (Phi) is 6.50. The zero-order chi connectivity index (χ0) is 22.8. The fraction of sp³-hybridized carbons (Fsp3) is 0.542. The average molecular weight is 437 g/mol. The van der Waals surface area contributed by atoms with Gasteiger partial charge in [-0.25, -0.2) is 0 Å². The first-order chi connectivity index (χ1) is 15.4. The van der Waals surface area contributed by atoms with Crippen molar-refractivity contribution in [1.29, 1.82) is 0 Å². The number of aromatic nitrogens is 4. The number of rotatable bonds is 7. The van der Waals surface area contributed by atoms with Gasteiger partial charge in [-0.2, -0.15) is 10.1 Å². The van der Waals surface area contributed by atoms with Gasteiger partial charge in [0.25, 0.3) is 0 Å². The van der Waals surface area contributed by atoms with Gasteiger partial charge in [-0.05, 0) is 44.2 Å². The third-order valence-corrected chi connectivity index (χ3v) is 6.33. The molecule has 1 fully saturated rings. The van der Waals surface area contributed by atoms with Crippen LogP contribution in [0.3, 0.4) is 0 Å². The average Bonchev–Trinajstić information content (AvgIpc) is 3.19. The van der Waals surface area contributed by atoms with E-state index in [1.54, 1.807) is 0 Å². The third-order valence-electron chi connectivity index (χ3n) is 6.33. The molecule has 3 aliphatic rings. The molecule has 2 atom stereocenters. The molecule has 0 spiro atoms. The molecule has 0 radical (unpaired) electrons. The quantitative estimate of drug-likeness (QED) is 0.406. The van der Waals surface area contributed by atoms with Crippen molar-refractivity contribution in [3.63, 3.8) is 0 Å². The molecule has 32 heavy (non-hydrogen) atoms. The number of fused-ring (bicyclic) bond motifs is 1. The maximum Gasteiger partial charge on any atom is 0.205 e. The number of nitrogen functional groups attached to an aromatic ring is 1. The van der Waals surface area contributed by atoms with Crippen molar-refractivity contribution < 1.29 is 0 Å². The molecule has 0 saturated heterocycles. The van der Waals surface area contributed by atoms with Gasteiger partial charge in [0.2, 0.25) is 5.95 Å². The van der Waals surface area contributed by atoms with E-state index in [2.05, 4.69) is 53.1 Å². The van der Waals surface area contributed by atoms with E-state index in [9.17, 15) is 0 Å². The minimum atomic E-state index is 0.128. The first-order valence-electron chi connectivity index (χ1n) is 11.7. The summed E-state index contributed by atoms with van der Waals surface area (Å²) in [6.45, 7) is 9.20. The summed E-state index contributed by atoms with van der Waals surface area (Å²) in [5.74, 6) is 1.77. The fourth-order valence-electron chi connectivity index (χ4n) is 4.53. The normalized spacial score (nSPS) is 19.1. The number of hydrogen-bond donors (Lipinski definition) is 4. The standard InChI is InChI=1S/C24H36N8/c1-14(2)20-22-21(31-30-20)23(27-13-16-9-5-6-10-17(16)25)29-24(32(22)15(3)4)28-19-12-8-7-11-18(19)26/h5-6,9-10,14-15,18-19,27H,7-8,11-13,25-26H2,1-4H3,(H,28,29). The number of nitrogens with zero attached hydrogens (tertiary/aromatic N) is 4. The lowest BCUT2D eigenvalue weighted by Gasteiger charge is -2.32. The molecular formula is C24H36N8. The van der Waals surface area contributed by atoms with Crippen molar-refractivity contribution >= 4 is 17.5 Å². The predicted octanol–water partition coefficient (Wildman–Crippen LogP) is 4.36. The summed E-state index contributed by atoms with van der Waals surface area (Å²) in [4.78, 5) is 5.01. The molecule has 172 valence electrons. The molecule has 0 bridgehead atoms. The Morgan fingerprint density at radius 3 is 2.53 bits per heavy atom. The maximum atomic E-state index is 6.46. The topological polar surface area (TPSA) is 120 Å². The summed E-state index contributed by atoms with van der Waals surface area (Å²) >= 11 is 0. The number of benzene rings is 1. The zero-order valence-corrected chi connectivity index (χ0v) is 19.6. The highest BCUT2D eigenvalue weighted by molar-refractivity contribution is 5.75. The molecule has 1 aromatic rings. The van der Waals surface area contributed by atoms with Crippen LogP contribution < -0.4 is 22.1 Å². The van der Waals surface area contributed by atoms with Crippen LogP contribution in [0.5, 0.6) is 0 Å². The first kappa shape index (κ1) is 22.3. The van der Waals surface area contributed by atoms with Gasteiger partial charge in [0.15, 0.2) is 11.5 Å². The smallest absolute Gasteiger partial charge is 0.205 e. The Morgan fingerprint density at radius 2 is 1.84 bits per heavy atom. The van der Waals surface area contributed by atoms with Crippen molar-refractivity contribution in [1.82, 2.24) is 19.7 Å². The van der Waals surface area contributed by atoms with Gasteiger partial charge in [0.1, 0.15) is 0 Å². The van der Waals surface area contributed by atoms with Crippen LogP contribution in [-0.2, 0) is 6.54 Å². The van der Waals surface area contributed by atoms with Crippen molar-refractivity contribution in [3.05, 3.63) is 35.5 Å². The van der Waals surface area contributed by atoms with Gasteiger partial charge in [-0.3, -0.25) is 0 Å². The molecule has 0 aromatic heterocycles. The van der Waals surface area contributed by atoms with Crippen molar-refractivity contribution in [3.8, 4) is 11.4 Å². The Hall–Kier alpha value is -2.87. The minimum Gasteiger partial charge on any atom is -0.398 e. The van der Waals surface area contributed by atoms with Crippen molar-refractivity contribution in [2.24, 2.45) is 5.73 Å². The molecule has 8 heteroatoms. The molecule has 1 aliphatic carbocycles. The van der Waals surface area contributed by atoms with E-state index < -0.39 is 0 Å². The molecule has 1 aromatic carbocycles. The van der Waals surface area contributed by atoms with Gasteiger partial charge >= 0.3 is 0 Å². The van der Waals surface area contributed by atoms with E-state index in [1.165, 1.54) is 12.8 Å². The van der Waals surface area contributed by atoms with Crippen LogP contribution in [0.25, 0.3) is 11.4 Å². The van der Waals surface area contributed by atoms with Gasteiger partial charge < -0.3 is 26.7 Å². The second kappa shape index (κ2) is 9.32. The summed E-state index contributed by atoms with van der Waals surface area (Å²) in [6.07, 6.45) is 4.47. The zero-order valence-electron chi connectivity index (χ0n) is 19.6. The third kappa shape index (κ3) is 4.37. The number of nitrogens with one attached hydrogen (secondary N) is 2. The highest BCUT2D eigenvalue weighted by Gasteiger charge is 2.30. The Balaban J connectivity index is 1.78. The van der Waals surface area contributed by atoms with Crippen LogP contribution in [-0.4, -0.2) is 31.8 Å². The van der Waals surface area contributed by atoms with E-state index in [0.29, 0.717) is 12.4 Å². The van der Waals surface area contributed by atoms with Crippen molar-refractivity contribution in [2.45, 2.75) is 84.0 Å². The summed E-state index contributed by atoms with van der Waals surface area (Å²) < 4.78 is 2.23. The van der Waals surface area contributed by atoms with Crippen LogP contribution in [0, 0.1) is 0 Å².